The summed E-state index contributed by atoms with van der Waals surface area (Å²) in [6.07, 6.45) is 0.873. The van der Waals surface area contributed by atoms with Crippen molar-refractivity contribution in [2.75, 3.05) is 47.5 Å². The molecule has 0 aliphatic carbocycles. The molecule has 0 radical (unpaired) electrons. The monoisotopic (exact) mass is 409 g/mol. The van der Waals surface area contributed by atoms with Crippen LogP contribution in [0.2, 0.25) is 0 Å². The highest BCUT2D eigenvalue weighted by Crippen LogP contribution is 2.43. The molecule has 2 amide bonds. The van der Waals surface area contributed by atoms with Crippen molar-refractivity contribution in [2.45, 2.75) is 25.9 Å². The van der Waals surface area contributed by atoms with Gasteiger partial charge in [0.25, 0.3) is 0 Å². The quantitative estimate of drug-likeness (QED) is 0.764. The highest BCUT2D eigenvalue weighted by Gasteiger charge is 2.50. The maximum Gasteiger partial charge on any atom is 0.414 e. The van der Waals surface area contributed by atoms with E-state index in [9.17, 15) is 18.5 Å². The molecule has 3 aliphatic heterocycles. The van der Waals surface area contributed by atoms with Crippen LogP contribution in [0.15, 0.2) is 18.2 Å². The van der Waals surface area contributed by atoms with Gasteiger partial charge in [-0.3, -0.25) is 9.69 Å². The van der Waals surface area contributed by atoms with E-state index in [1.807, 2.05) is 4.90 Å². The maximum absolute atomic E-state index is 14.8. The van der Waals surface area contributed by atoms with Crippen LogP contribution in [-0.4, -0.2) is 60.3 Å². The van der Waals surface area contributed by atoms with Crippen molar-refractivity contribution in [1.82, 2.24) is 5.32 Å². The van der Waals surface area contributed by atoms with Crippen molar-refractivity contribution >= 4 is 34.6 Å². The van der Waals surface area contributed by atoms with Gasteiger partial charge < -0.3 is 19.5 Å². The SMILES string of the molecule is CC(=O)NCC1CN(c2ccc(N3CCC4(CC3)C[S+]([O-])C4)c(F)c2)C(=O)O1. The van der Waals surface area contributed by atoms with Crippen LogP contribution in [0.5, 0.6) is 0 Å². The second-order valence-corrected chi connectivity index (χ2v) is 9.36. The number of anilines is 2. The Kier molecular flexibility index (Phi) is 5.13. The Balaban J connectivity index is 1.39. The molecule has 1 N–H and O–H groups in total. The molecule has 7 nitrogen and oxygen atoms in total. The lowest BCUT2D eigenvalue weighted by Gasteiger charge is -2.47. The van der Waals surface area contributed by atoms with Gasteiger partial charge in [0.2, 0.25) is 5.91 Å². The lowest BCUT2D eigenvalue weighted by Crippen LogP contribution is -2.54. The normalized spacial score (nSPS) is 24.2. The summed E-state index contributed by atoms with van der Waals surface area (Å²) in [5.41, 5.74) is 1.17. The Bertz CT molecular complexity index is 776. The second kappa shape index (κ2) is 7.44. The first-order valence-electron chi connectivity index (χ1n) is 9.47. The number of carbonyl (C=O) groups excluding carboxylic acids is 2. The number of ether oxygens (including phenoxy) is 1. The average Bonchev–Trinajstić information content (AvgIpc) is 3.00. The molecule has 3 aliphatic rings. The minimum atomic E-state index is -0.670. The number of hydrogen-bond donors (Lipinski definition) is 1. The Morgan fingerprint density at radius 2 is 2.11 bits per heavy atom. The van der Waals surface area contributed by atoms with Gasteiger partial charge in [-0.1, -0.05) is 11.2 Å². The lowest BCUT2D eigenvalue weighted by molar-refractivity contribution is -0.119. The van der Waals surface area contributed by atoms with Gasteiger partial charge in [0.15, 0.2) is 0 Å². The molecule has 0 saturated carbocycles. The molecule has 152 valence electrons. The predicted octanol–water partition coefficient (Wildman–Crippen LogP) is 1.64. The lowest BCUT2D eigenvalue weighted by atomic mass is 9.81. The minimum absolute atomic E-state index is 0.193. The van der Waals surface area contributed by atoms with Crippen molar-refractivity contribution in [2.24, 2.45) is 5.41 Å². The van der Waals surface area contributed by atoms with Crippen molar-refractivity contribution in [3.63, 3.8) is 0 Å². The summed E-state index contributed by atoms with van der Waals surface area (Å²) < 4.78 is 31.5. The van der Waals surface area contributed by atoms with Crippen LogP contribution in [0.25, 0.3) is 0 Å². The number of carbonyl (C=O) groups is 2. The molecule has 28 heavy (non-hydrogen) atoms. The maximum atomic E-state index is 14.8. The summed E-state index contributed by atoms with van der Waals surface area (Å²) in [6, 6.07) is 4.79. The summed E-state index contributed by atoms with van der Waals surface area (Å²) in [5.74, 6) is 0.989. The summed E-state index contributed by atoms with van der Waals surface area (Å²) in [6.45, 7) is 3.39. The first-order valence-corrected chi connectivity index (χ1v) is 11.0. The summed E-state index contributed by atoms with van der Waals surface area (Å²) in [4.78, 5) is 26.5. The molecular weight excluding hydrogens is 385 g/mol. The average molecular weight is 409 g/mol. The molecular formula is C19H24FN3O4S. The third-order valence-electron chi connectivity index (χ3n) is 5.79. The van der Waals surface area contributed by atoms with Crippen molar-refractivity contribution in [3.05, 3.63) is 24.0 Å². The van der Waals surface area contributed by atoms with Crippen molar-refractivity contribution < 1.29 is 23.3 Å². The van der Waals surface area contributed by atoms with E-state index in [2.05, 4.69) is 5.32 Å². The molecule has 3 heterocycles. The van der Waals surface area contributed by atoms with E-state index in [-0.39, 0.29) is 30.2 Å². The van der Waals surface area contributed by atoms with Gasteiger partial charge in [0.05, 0.1) is 29.9 Å². The van der Waals surface area contributed by atoms with Gasteiger partial charge >= 0.3 is 6.09 Å². The summed E-state index contributed by atoms with van der Waals surface area (Å²) in [5, 5.41) is 2.62. The fourth-order valence-corrected chi connectivity index (χ4v) is 6.03. The topological polar surface area (TPSA) is 84.9 Å². The van der Waals surface area contributed by atoms with Crippen LogP contribution in [0.3, 0.4) is 0 Å². The number of rotatable bonds is 4. The van der Waals surface area contributed by atoms with Gasteiger partial charge in [0.1, 0.15) is 23.4 Å². The van der Waals surface area contributed by atoms with Gasteiger partial charge in [-0.2, -0.15) is 0 Å². The van der Waals surface area contributed by atoms with Crippen LogP contribution in [0, 0.1) is 11.2 Å². The van der Waals surface area contributed by atoms with Crippen LogP contribution >= 0.6 is 0 Å². The highest BCUT2D eigenvalue weighted by atomic mass is 32.2. The van der Waals surface area contributed by atoms with E-state index < -0.39 is 23.4 Å². The van der Waals surface area contributed by atoms with Gasteiger partial charge in [0, 0.05) is 20.0 Å². The Hall–Kier alpha value is -2.00. The molecule has 0 bridgehead atoms. The fraction of sp³-hybridized carbons (Fsp3) is 0.579. The standard InChI is InChI=1S/C19H24FN3O4S/c1-13(24)21-9-15-10-23(18(25)27-15)14-2-3-17(16(20)8-14)22-6-4-19(5-7-22)11-28(26)12-19/h2-3,8,15H,4-7,9-12H2,1H3,(H,21,24). The van der Waals surface area contributed by atoms with E-state index in [1.165, 1.54) is 17.9 Å². The predicted molar refractivity (Wildman–Crippen MR) is 104 cm³/mol. The van der Waals surface area contributed by atoms with E-state index in [0.717, 1.165) is 37.4 Å². The zero-order valence-electron chi connectivity index (χ0n) is 15.8. The number of benzene rings is 1. The van der Waals surface area contributed by atoms with Crippen LogP contribution in [0.4, 0.5) is 20.6 Å². The van der Waals surface area contributed by atoms with E-state index in [1.54, 1.807) is 12.1 Å². The molecule has 1 aromatic rings. The van der Waals surface area contributed by atoms with Gasteiger partial charge in [-0.05, 0) is 31.0 Å². The Labute approximate surface area is 166 Å². The smallest absolute Gasteiger partial charge is 0.414 e. The molecule has 3 fully saturated rings. The van der Waals surface area contributed by atoms with Crippen molar-refractivity contribution in [1.29, 1.82) is 0 Å². The summed E-state index contributed by atoms with van der Waals surface area (Å²) in [7, 11) is 0. The van der Waals surface area contributed by atoms with Gasteiger partial charge in [-0.15, -0.1) is 0 Å². The van der Waals surface area contributed by atoms with E-state index in [0.29, 0.717) is 11.4 Å². The van der Waals surface area contributed by atoms with Gasteiger partial charge in [-0.25, -0.2) is 9.18 Å². The minimum Gasteiger partial charge on any atom is -0.616 e. The molecule has 4 rings (SSSR count). The number of hydrogen-bond acceptors (Lipinski definition) is 5. The number of halogens is 1. The number of piperidine rings is 1. The first kappa shape index (κ1) is 19.3. The zero-order chi connectivity index (χ0) is 19.9. The number of amides is 2. The van der Waals surface area contributed by atoms with E-state index in [4.69, 9.17) is 4.74 Å². The second-order valence-electron chi connectivity index (χ2n) is 7.90. The molecule has 1 atom stereocenters. The molecule has 0 aromatic heterocycles. The molecule has 9 heteroatoms. The Morgan fingerprint density at radius 3 is 2.71 bits per heavy atom. The number of cyclic esters (lactones) is 1. The summed E-state index contributed by atoms with van der Waals surface area (Å²) >= 11 is -0.670. The third-order valence-corrected chi connectivity index (χ3v) is 7.66. The fourth-order valence-electron chi connectivity index (χ4n) is 4.17. The Morgan fingerprint density at radius 1 is 1.39 bits per heavy atom. The van der Waals surface area contributed by atoms with Crippen LogP contribution < -0.4 is 15.1 Å². The molecule has 1 unspecified atom stereocenters. The largest absolute Gasteiger partial charge is 0.616 e. The van der Waals surface area contributed by atoms with E-state index >= 15 is 0 Å². The zero-order valence-corrected chi connectivity index (χ0v) is 16.6. The van der Waals surface area contributed by atoms with Crippen LogP contribution in [0.1, 0.15) is 19.8 Å². The first-order chi connectivity index (χ1) is 13.3. The molecule has 1 aromatic carbocycles. The molecule has 1 spiro atoms. The number of nitrogens with zero attached hydrogens (tertiary/aromatic N) is 2. The highest BCUT2D eigenvalue weighted by molar-refractivity contribution is 7.92. The van der Waals surface area contributed by atoms with Crippen molar-refractivity contribution in [3.8, 4) is 0 Å². The third kappa shape index (κ3) is 3.77. The number of nitrogens with one attached hydrogen (secondary N) is 1. The molecule has 3 saturated heterocycles. The van der Waals surface area contributed by atoms with Crippen LogP contribution in [-0.2, 0) is 20.7 Å².